The van der Waals surface area contributed by atoms with Crippen LogP contribution in [0.5, 0.6) is 0 Å². The van der Waals surface area contributed by atoms with Crippen LogP contribution in [0.4, 0.5) is 29.3 Å². The summed E-state index contributed by atoms with van der Waals surface area (Å²) in [5.41, 5.74) is 1.36. The molecule has 0 saturated carbocycles. The number of hydrogen-bond acceptors (Lipinski definition) is 2. The summed E-state index contributed by atoms with van der Waals surface area (Å²) in [6, 6.07) is 18.1. The Morgan fingerprint density at radius 2 is 1.68 bits per heavy atom. The molecular formula is C25H21ClF3N3O2. The van der Waals surface area contributed by atoms with Gasteiger partial charge in [-0.25, -0.2) is 4.79 Å². The first kappa shape index (κ1) is 23.6. The summed E-state index contributed by atoms with van der Waals surface area (Å²) in [7, 11) is 0. The number of anilines is 2. The number of halogens is 4. The molecule has 0 radical (unpaired) electrons. The predicted molar refractivity (Wildman–Crippen MR) is 125 cm³/mol. The van der Waals surface area contributed by atoms with Crippen molar-refractivity contribution >= 4 is 34.9 Å². The quantitative estimate of drug-likeness (QED) is 0.450. The first-order valence-electron chi connectivity index (χ1n) is 10.6. The van der Waals surface area contributed by atoms with Crippen molar-refractivity contribution in [1.82, 2.24) is 4.90 Å². The van der Waals surface area contributed by atoms with Gasteiger partial charge in [-0.3, -0.25) is 9.69 Å². The van der Waals surface area contributed by atoms with Crippen molar-refractivity contribution in [2.75, 3.05) is 23.3 Å². The van der Waals surface area contributed by atoms with Gasteiger partial charge in [0.25, 0.3) is 5.91 Å². The lowest BCUT2D eigenvalue weighted by Gasteiger charge is -2.35. The van der Waals surface area contributed by atoms with Gasteiger partial charge in [0.05, 0.1) is 5.56 Å². The van der Waals surface area contributed by atoms with E-state index in [4.69, 9.17) is 11.6 Å². The molecule has 3 aromatic rings. The van der Waals surface area contributed by atoms with Gasteiger partial charge in [0.1, 0.15) is 0 Å². The summed E-state index contributed by atoms with van der Waals surface area (Å²) in [6.07, 6.45) is -3.75. The molecule has 0 bridgehead atoms. The third-order valence-corrected chi connectivity index (χ3v) is 5.73. The van der Waals surface area contributed by atoms with E-state index >= 15 is 0 Å². The molecule has 0 aromatic heterocycles. The minimum Gasteiger partial charge on any atom is -0.322 e. The summed E-state index contributed by atoms with van der Waals surface area (Å²) in [4.78, 5) is 28.5. The van der Waals surface area contributed by atoms with Gasteiger partial charge in [-0.15, -0.1) is 0 Å². The molecule has 0 unspecified atom stereocenters. The van der Waals surface area contributed by atoms with E-state index < -0.39 is 11.7 Å². The molecule has 3 aromatic carbocycles. The van der Waals surface area contributed by atoms with E-state index in [2.05, 4.69) is 5.32 Å². The minimum absolute atomic E-state index is 0.0918. The lowest BCUT2D eigenvalue weighted by Crippen LogP contribution is -2.49. The van der Waals surface area contributed by atoms with Gasteiger partial charge in [-0.2, -0.15) is 13.2 Å². The van der Waals surface area contributed by atoms with Gasteiger partial charge in [0.15, 0.2) is 0 Å². The molecule has 34 heavy (non-hydrogen) atoms. The zero-order valence-electron chi connectivity index (χ0n) is 18.0. The molecule has 0 aliphatic carbocycles. The summed E-state index contributed by atoms with van der Waals surface area (Å²) in [6.45, 7) is 1.05. The molecule has 1 aliphatic rings. The van der Waals surface area contributed by atoms with E-state index in [9.17, 15) is 22.8 Å². The smallest absolute Gasteiger partial charge is 0.322 e. The molecule has 1 heterocycles. The van der Waals surface area contributed by atoms with Crippen molar-refractivity contribution in [2.24, 2.45) is 0 Å². The Morgan fingerprint density at radius 3 is 2.35 bits per heavy atom. The van der Waals surface area contributed by atoms with E-state index in [1.807, 2.05) is 0 Å². The molecule has 1 saturated heterocycles. The molecular weight excluding hydrogens is 467 g/mol. The minimum atomic E-state index is -4.43. The summed E-state index contributed by atoms with van der Waals surface area (Å²) in [5.74, 6) is -0.286. The fourth-order valence-electron chi connectivity index (χ4n) is 3.76. The van der Waals surface area contributed by atoms with Crippen molar-refractivity contribution < 1.29 is 22.8 Å². The third-order valence-electron chi connectivity index (χ3n) is 5.48. The van der Waals surface area contributed by atoms with Gasteiger partial charge in [0.2, 0.25) is 0 Å². The number of amides is 3. The third kappa shape index (κ3) is 5.51. The fraction of sp³-hybridized carbons (Fsp3) is 0.200. The number of rotatable bonds is 5. The molecule has 0 atom stereocenters. The maximum atomic E-state index is 13.0. The SMILES string of the molecule is O=C(Nc1ccc(N2CCCN(Cc3cccc(C(F)(F)F)c3)C2=O)cc1)c1ccc(Cl)cc1. The Labute approximate surface area is 199 Å². The molecule has 176 valence electrons. The molecule has 9 heteroatoms. The van der Waals surface area contributed by atoms with Crippen LogP contribution < -0.4 is 10.2 Å². The van der Waals surface area contributed by atoms with E-state index in [1.165, 1.54) is 11.0 Å². The van der Waals surface area contributed by atoms with Crippen LogP contribution in [-0.4, -0.2) is 29.9 Å². The molecule has 5 nitrogen and oxygen atoms in total. The first-order valence-corrected chi connectivity index (χ1v) is 11.0. The zero-order chi connectivity index (χ0) is 24.3. The number of nitrogens with zero attached hydrogens (tertiary/aromatic N) is 2. The van der Waals surface area contributed by atoms with Crippen LogP contribution in [0, 0.1) is 0 Å². The highest BCUT2D eigenvalue weighted by atomic mass is 35.5. The molecule has 1 aliphatic heterocycles. The number of nitrogens with one attached hydrogen (secondary N) is 1. The van der Waals surface area contributed by atoms with E-state index in [0.717, 1.165) is 12.1 Å². The number of carbonyl (C=O) groups is 2. The summed E-state index contributed by atoms with van der Waals surface area (Å²) in [5, 5.41) is 3.33. The Morgan fingerprint density at radius 1 is 0.971 bits per heavy atom. The highest BCUT2D eigenvalue weighted by Gasteiger charge is 2.31. The number of carbonyl (C=O) groups excluding carboxylic acids is 2. The van der Waals surface area contributed by atoms with Crippen LogP contribution in [0.25, 0.3) is 0 Å². The number of urea groups is 1. The largest absolute Gasteiger partial charge is 0.416 e. The van der Waals surface area contributed by atoms with Crippen LogP contribution in [0.3, 0.4) is 0 Å². The fourth-order valence-corrected chi connectivity index (χ4v) is 3.89. The molecule has 3 amide bonds. The van der Waals surface area contributed by atoms with Crippen molar-refractivity contribution in [3.8, 4) is 0 Å². The van der Waals surface area contributed by atoms with Gasteiger partial charge >= 0.3 is 12.2 Å². The zero-order valence-corrected chi connectivity index (χ0v) is 18.7. The Hall–Kier alpha value is -3.52. The topological polar surface area (TPSA) is 52.7 Å². The summed E-state index contributed by atoms with van der Waals surface area (Å²) < 4.78 is 39.0. The average Bonchev–Trinajstić information content (AvgIpc) is 2.81. The van der Waals surface area contributed by atoms with Crippen molar-refractivity contribution in [3.63, 3.8) is 0 Å². The molecule has 0 spiro atoms. The number of alkyl halides is 3. The van der Waals surface area contributed by atoms with E-state index in [0.29, 0.717) is 47.0 Å². The van der Waals surface area contributed by atoms with Crippen molar-refractivity contribution in [1.29, 1.82) is 0 Å². The molecule has 1 N–H and O–H groups in total. The van der Waals surface area contributed by atoms with Crippen LogP contribution >= 0.6 is 11.6 Å². The lowest BCUT2D eigenvalue weighted by atomic mass is 10.1. The second kappa shape index (κ2) is 9.77. The highest BCUT2D eigenvalue weighted by Crippen LogP contribution is 2.30. The Bertz CT molecular complexity index is 1180. The second-order valence-corrected chi connectivity index (χ2v) is 8.35. The Kier molecular flexibility index (Phi) is 6.79. The van der Waals surface area contributed by atoms with Gasteiger partial charge in [-0.1, -0.05) is 23.7 Å². The van der Waals surface area contributed by atoms with Gasteiger partial charge < -0.3 is 10.2 Å². The van der Waals surface area contributed by atoms with Crippen molar-refractivity contribution in [2.45, 2.75) is 19.1 Å². The molecule has 1 fully saturated rings. The number of hydrogen-bond donors (Lipinski definition) is 1. The van der Waals surface area contributed by atoms with Gasteiger partial charge in [0, 0.05) is 41.6 Å². The molecule has 4 rings (SSSR count). The van der Waals surface area contributed by atoms with Gasteiger partial charge in [-0.05, 0) is 72.6 Å². The maximum absolute atomic E-state index is 13.0. The van der Waals surface area contributed by atoms with Crippen molar-refractivity contribution in [3.05, 3.63) is 94.5 Å². The monoisotopic (exact) mass is 487 g/mol. The predicted octanol–water partition coefficient (Wildman–Crippen LogP) is 6.44. The van der Waals surface area contributed by atoms with Crippen LogP contribution in [0.1, 0.15) is 27.9 Å². The van der Waals surface area contributed by atoms with E-state index in [1.54, 1.807) is 59.5 Å². The van der Waals surface area contributed by atoms with E-state index in [-0.39, 0.29) is 18.5 Å². The maximum Gasteiger partial charge on any atom is 0.416 e. The standard InChI is InChI=1S/C25H21ClF3N3O2/c26-20-7-5-18(6-8-20)23(33)30-21-9-11-22(12-10-21)32-14-2-13-31(24(32)34)16-17-3-1-4-19(15-17)25(27,28)29/h1,3-12,15H,2,13-14,16H2,(H,30,33). The Balaban J connectivity index is 1.42. The normalized spacial score (nSPS) is 14.3. The lowest BCUT2D eigenvalue weighted by molar-refractivity contribution is -0.137. The van der Waals surface area contributed by atoms with Crippen LogP contribution in [0.2, 0.25) is 5.02 Å². The number of benzene rings is 3. The average molecular weight is 488 g/mol. The summed E-state index contributed by atoms with van der Waals surface area (Å²) >= 11 is 5.85. The van der Waals surface area contributed by atoms with Crippen LogP contribution in [0.15, 0.2) is 72.8 Å². The van der Waals surface area contributed by atoms with Crippen LogP contribution in [-0.2, 0) is 12.7 Å². The highest BCUT2D eigenvalue weighted by molar-refractivity contribution is 6.30. The first-order chi connectivity index (χ1) is 16.2. The second-order valence-electron chi connectivity index (χ2n) is 7.92.